The van der Waals surface area contributed by atoms with Gasteiger partial charge in [-0.3, -0.25) is 0 Å². The topological polar surface area (TPSA) is 32.8 Å². The summed E-state index contributed by atoms with van der Waals surface area (Å²) < 4.78 is 16.8. The number of anilines is 5. The summed E-state index contributed by atoms with van der Waals surface area (Å²) in [6, 6.07) is 44.3. The number of benzene rings is 7. The number of furan rings is 2. The highest BCUT2D eigenvalue weighted by molar-refractivity contribution is 7.32. The van der Waals surface area contributed by atoms with Crippen molar-refractivity contribution in [1.82, 2.24) is 0 Å². The molecule has 14 rings (SSSR count). The molecule has 0 radical (unpaired) electrons. The van der Waals surface area contributed by atoms with E-state index < -0.39 is 0 Å². The van der Waals surface area contributed by atoms with Crippen molar-refractivity contribution in [2.24, 2.45) is 0 Å². The van der Waals surface area contributed by atoms with Crippen LogP contribution in [0.3, 0.4) is 0 Å². The van der Waals surface area contributed by atoms with Crippen LogP contribution in [0, 0.1) is 6.92 Å². The molecule has 10 aromatic rings. The van der Waals surface area contributed by atoms with Gasteiger partial charge in [-0.1, -0.05) is 131 Å². The molecule has 3 aromatic heterocycles. The Kier molecular flexibility index (Phi) is 8.61. The van der Waals surface area contributed by atoms with Crippen molar-refractivity contribution >= 4 is 111 Å². The summed E-state index contributed by atoms with van der Waals surface area (Å²) in [4.78, 5) is 5.41. The second-order valence-electron chi connectivity index (χ2n) is 25.5. The number of thiophene rings is 1. The van der Waals surface area contributed by atoms with E-state index in [2.05, 4.69) is 208 Å². The smallest absolute Gasteiger partial charge is 0.343 e. The molecule has 2 aliphatic heterocycles. The largest absolute Gasteiger partial charge is 0.456 e. The van der Waals surface area contributed by atoms with Gasteiger partial charge in [-0.2, -0.15) is 0 Å². The van der Waals surface area contributed by atoms with Crippen LogP contribution in [0.2, 0.25) is 0 Å². The minimum atomic E-state index is -0.178. The monoisotopic (exact) mass is 946 g/mol. The highest BCUT2D eigenvalue weighted by Gasteiger charge is 2.50. The Morgan fingerprint density at radius 1 is 0.535 bits per heavy atom. The maximum Gasteiger partial charge on any atom is 0.343 e. The van der Waals surface area contributed by atoms with Gasteiger partial charge in [0.2, 0.25) is 0 Å². The van der Waals surface area contributed by atoms with Gasteiger partial charge in [0.25, 0.3) is 0 Å². The average Bonchev–Trinajstić information content (AvgIpc) is 4.02. The summed E-state index contributed by atoms with van der Waals surface area (Å²) in [5.41, 5.74) is 22.2. The van der Waals surface area contributed by atoms with Crippen molar-refractivity contribution in [3.63, 3.8) is 0 Å². The van der Waals surface area contributed by atoms with Crippen LogP contribution >= 0.6 is 11.3 Å². The Labute approximate surface area is 422 Å². The predicted octanol–water partition coefficient (Wildman–Crippen LogP) is 17.7. The van der Waals surface area contributed by atoms with Gasteiger partial charge in [0.1, 0.15) is 22.3 Å². The highest BCUT2D eigenvalue weighted by atomic mass is 32.1. The molecule has 0 fully saturated rings. The summed E-state index contributed by atoms with van der Waals surface area (Å²) >= 11 is 2.01. The fourth-order valence-corrected chi connectivity index (χ4v) is 14.9. The number of hydrogen-bond acceptors (Lipinski definition) is 5. The van der Waals surface area contributed by atoms with Gasteiger partial charge in [-0.15, -0.1) is 11.3 Å². The third-order valence-corrected chi connectivity index (χ3v) is 19.2. The number of hydrogen-bond donors (Lipinski definition) is 0. The second kappa shape index (κ2) is 14.0. The van der Waals surface area contributed by atoms with E-state index in [-0.39, 0.29) is 33.9 Å². The molecule has 0 saturated carbocycles. The first-order chi connectivity index (χ1) is 33.7. The zero-order valence-electron chi connectivity index (χ0n) is 43.5. The van der Waals surface area contributed by atoms with Crippen molar-refractivity contribution in [2.45, 2.75) is 136 Å². The lowest BCUT2D eigenvalue weighted by atomic mass is 9.46. The summed E-state index contributed by atoms with van der Waals surface area (Å²) in [6.07, 6.45) is 4.66. The standard InChI is InChI=1S/C65H63BN2O2S/c1-36-29-45-47(64(9,10)27-25-62(45,5)6)33-49(36)67-51-32-42-40-18-14-16-20-53(40)70-59(42)56-43-30-41-39-17-13-15-19-52(39)69-54(41)35-50(43)68(38-23-21-37(22-24-38)61(2,3)4)66(57(51)56)60-58(67)44-31-46-48(34-55(44)71-60)65(11,12)28-26-63(46,7)8/h13-24,29-35H,25-28H2,1-12H3. The van der Waals surface area contributed by atoms with Gasteiger partial charge >= 0.3 is 6.85 Å². The molecule has 0 amide bonds. The SMILES string of the molecule is Cc1cc2c(cc1N1c3cc4c(oc5ccccc54)c4c3B(c3sc5cc6c(cc5c31)C(C)(C)CCC6(C)C)N(c1ccc(C(C)(C)C)cc1)c1cc3oc5ccccc5c3cc1-4)C(C)(C)CCC2(C)C. The number of rotatable bonds is 2. The molecule has 2 aliphatic carbocycles. The van der Waals surface area contributed by atoms with Crippen molar-refractivity contribution in [3.05, 3.63) is 149 Å². The maximum atomic E-state index is 7.25. The van der Waals surface area contributed by atoms with Gasteiger partial charge in [-0.25, -0.2) is 0 Å². The van der Waals surface area contributed by atoms with Crippen molar-refractivity contribution < 1.29 is 8.83 Å². The first-order valence-corrected chi connectivity index (χ1v) is 26.9. The van der Waals surface area contributed by atoms with Crippen LogP contribution in [0.4, 0.5) is 28.4 Å². The predicted molar refractivity (Wildman–Crippen MR) is 304 cm³/mol. The van der Waals surface area contributed by atoms with E-state index in [9.17, 15) is 0 Å². The molecule has 6 heteroatoms. The van der Waals surface area contributed by atoms with Crippen LogP contribution in [-0.4, -0.2) is 6.85 Å². The molecule has 0 spiro atoms. The summed E-state index contributed by atoms with van der Waals surface area (Å²) in [5, 5.41) is 5.86. The first-order valence-electron chi connectivity index (χ1n) is 26.1. The van der Waals surface area contributed by atoms with Crippen molar-refractivity contribution in [1.29, 1.82) is 0 Å². The number of aryl methyl sites for hydroxylation is 1. The molecule has 0 saturated heterocycles. The number of para-hydroxylation sites is 2. The molecule has 4 aliphatic rings. The molecular weight excluding hydrogens is 884 g/mol. The lowest BCUT2D eigenvalue weighted by molar-refractivity contribution is 0.332. The molecule has 71 heavy (non-hydrogen) atoms. The fraction of sp³-hybridized carbons (Fsp3) is 0.323. The molecule has 5 heterocycles. The highest BCUT2D eigenvalue weighted by Crippen LogP contribution is 2.57. The van der Waals surface area contributed by atoms with E-state index in [1.165, 1.54) is 89.2 Å². The van der Waals surface area contributed by atoms with Gasteiger partial charge in [0, 0.05) is 76.4 Å². The second-order valence-corrected chi connectivity index (χ2v) is 26.5. The lowest BCUT2D eigenvalue weighted by Crippen LogP contribution is -2.60. The maximum absolute atomic E-state index is 7.25. The molecule has 354 valence electrons. The van der Waals surface area contributed by atoms with Crippen molar-refractivity contribution in [3.8, 4) is 11.1 Å². The Bertz CT molecular complexity index is 3960. The average molecular weight is 947 g/mol. The number of nitrogens with zero attached hydrogens (tertiary/aromatic N) is 2. The van der Waals surface area contributed by atoms with Gasteiger partial charge in [0.05, 0.1) is 5.69 Å². The minimum Gasteiger partial charge on any atom is -0.456 e. The van der Waals surface area contributed by atoms with Crippen LogP contribution in [-0.2, 0) is 27.1 Å². The Balaban J connectivity index is 1.18. The van der Waals surface area contributed by atoms with Crippen molar-refractivity contribution in [2.75, 3.05) is 9.71 Å². The Morgan fingerprint density at radius 2 is 1.11 bits per heavy atom. The summed E-state index contributed by atoms with van der Waals surface area (Å²) in [6.45, 7) is 28.9. The van der Waals surface area contributed by atoms with E-state index in [4.69, 9.17) is 8.83 Å². The first kappa shape index (κ1) is 43.5. The fourth-order valence-electron chi connectivity index (χ4n) is 13.6. The van der Waals surface area contributed by atoms with Crippen LogP contribution in [0.1, 0.15) is 135 Å². The van der Waals surface area contributed by atoms with E-state index in [0.717, 1.165) is 73.7 Å². The third-order valence-electron chi connectivity index (χ3n) is 18.0. The zero-order chi connectivity index (χ0) is 49.1. The normalized spacial score (nSPS) is 18.3. The Morgan fingerprint density at radius 3 is 1.76 bits per heavy atom. The van der Waals surface area contributed by atoms with Gasteiger partial charge in [-0.05, 0) is 153 Å². The van der Waals surface area contributed by atoms with E-state index in [1.54, 1.807) is 0 Å². The molecule has 0 N–H and O–H groups in total. The number of fused-ring (bicyclic) bond motifs is 15. The molecule has 0 bridgehead atoms. The molecule has 0 unspecified atom stereocenters. The molecule has 4 nitrogen and oxygen atoms in total. The summed E-state index contributed by atoms with van der Waals surface area (Å²) in [7, 11) is 0. The van der Waals surface area contributed by atoms with Gasteiger partial charge in [0.15, 0.2) is 0 Å². The van der Waals surface area contributed by atoms with E-state index in [1.807, 2.05) is 11.3 Å². The quantitative estimate of drug-likeness (QED) is 0.162. The van der Waals surface area contributed by atoms with E-state index >= 15 is 0 Å². The minimum absolute atomic E-state index is 0.00656. The lowest BCUT2D eigenvalue weighted by Gasteiger charge is -2.46. The van der Waals surface area contributed by atoms with Crippen LogP contribution in [0.15, 0.2) is 124 Å². The molecule has 0 atom stereocenters. The summed E-state index contributed by atoms with van der Waals surface area (Å²) in [5.74, 6) is 0. The zero-order valence-corrected chi connectivity index (χ0v) is 44.3. The van der Waals surface area contributed by atoms with Crippen LogP contribution in [0.25, 0.3) is 65.1 Å². The van der Waals surface area contributed by atoms with Crippen LogP contribution in [0.5, 0.6) is 0 Å². The Hall–Kier alpha value is -6.24. The molecule has 7 aromatic carbocycles. The van der Waals surface area contributed by atoms with Gasteiger partial charge < -0.3 is 18.5 Å². The van der Waals surface area contributed by atoms with Crippen LogP contribution < -0.4 is 20.0 Å². The van der Waals surface area contributed by atoms with E-state index in [0.29, 0.717) is 0 Å². The molecular formula is C65H63BN2O2S. The third kappa shape index (κ3) is 5.98.